The Labute approximate surface area is 441 Å². The van der Waals surface area contributed by atoms with E-state index in [-0.39, 0.29) is 69.9 Å². The molecule has 8 atom stereocenters. The van der Waals surface area contributed by atoms with Crippen molar-refractivity contribution in [2.24, 2.45) is 17.6 Å². The number of carboxylic acid groups (broad SMARTS) is 1. The quantitative estimate of drug-likeness (QED) is 0.0358. The van der Waals surface area contributed by atoms with Crippen molar-refractivity contribution in [3.8, 4) is 11.1 Å². The van der Waals surface area contributed by atoms with Crippen LogP contribution in [0.15, 0.2) is 48.5 Å². The lowest BCUT2D eigenvalue weighted by molar-refractivity contribution is -0.145. The third kappa shape index (κ3) is 16.1. The first-order valence-electron chi connectivity index (χ1n) is 26.0. The predicted molar refractivity (Wildman–Crippen MR) is 273 cm³/mol. The highest BCUT2D eigenvalue weighted by Crippen LogP contribution is 2.44. The van der Waals surface area contributed by atoms with Gasteiger partial charge in [-0.15, -0.1) is 0 Å². The zero-order chi connectivity index (χ0) is 55.7. The van der Waals surface area contributed by atoms with Gasteiger partial charge in [-0.3, -0.25) is 38.4 Å². The monoisotopic (exact) mass is 1060 g/mol. The number of carboxylic acids is 1. The second-order valence-corrected chi connectivity index (χ2v) is 20.4. The number of hydrogen-bond acceptors (Lipinski definition) is 15. The van der Waals surface area contributed by atoms with Crippen molar-refractivity contribution in [2.75, 3.05) is 32.9 Å². The standard InChI is InChI=1S/C53H74N8O15/c1-30(2)22-40(52(74)75)57-49(71)41(25-62)59-48(70)39(20-21-44(54)66)55-28-53(29-64,32-12-5-4-6-13-32)60-50(72)42(26-63)58-47(69)31(3)56-51(73)43-23-33(65)24-61(43)45(67)18-11-19-46(68)76-27-38-36-16-9-7-14-34(36)35-15-8-10-17-37(35)38/h7-10,14-17,29-33,38-43,55,62-63,65H,4-6,11-13,18-28H2,1-3H3,(H2,54,66)(H,56,73)(H,57,71)(H,58,69)(H,59,70)(H,60,72)(H,74,75)/t31-,33+,39?,40?,41-,42?,43?,53?/m0/s1. The summed E-state index contributed by atoms with van der Waals surface area (Å²) in [5, 5.41) is 55.7. The van der Waals surface area contributed by atoms with Crippen molar-refractivity contribution in [3.05, 3.63) is 59.7 Å². The lowest BCUT2D eigenvalue weighted by atomic mass is 9.74. The lowest BCUT2D eigenvalue weighted by Gasteiger charge is -2.41. The van der Waals surface area contributed by atoms with Crippen LogP contribution >= 0.6 is 0 Å². The molecule has 7 amide bonds. The van der Waals surface area contributed by atoms with Gasteiger partial charge < -0.3 is 72.5 Å². The van der Waals surface area contributed by atoms with Crippen LogP contribution in [0, 0.1) is 11.8 Å². The fraction of sp³-hybridized carbons (Fsp3) is 0.585. The Morgan fingerprint density at radius 3 is 1.92 bits per heavy atom. The number of likely N-dealkylation sites (tertiary alicyclic amines) is 1. The van der Waals surface area contributed by atoms with Crippen LogP contribution < -0.4 is 37.6 Å². The topological polar surface area (TPSA) is 362 Å². The number of hydrogen-bond donors (Lipinski definition) is 11. The number of carbonyl (C=O) groups is 10. The van der Waals surface area contributed by atoms with Crippen LogP contribution in [0.3, 0.4) is 0 Å². The van der Waals surface area contributed by atoms with E-state index in [9.17, 15) is 68.4 Å². The van der Waals surface area contributed by atoms with E-state index in [2.05, 4.69) is 31.9 Å². The van der Waals surface area contributed by atoms with E-state index in [1.54, 1.807) is 13.8 Å². The molecule has 0 aromatic heterocycles. The van der Waals surface area contributed by atoms with Crippen molar-refractivity contribution in [3.63, 3.8) is 0 Å². The zero-order valence-corrected chi connectivity index (χ0v) is 43.3. The molecular formula is C53H74N8O15. The number of nitrogens with zero attached hydrogens (tertiary/aromatic N) is 1. The highest BCUT2D eigenvalue weighted by molar-refractivity contribution is 5.96. The Morgan fingerprint density at radius 2 is 1.34 bits per heavy atom. The van der Waals surface area contributed by atoms with Crippen molar-refractivity contribution in [1.82, 2.24) is 36.8 Å². The summed E-state index contributed by atoms with van der Waals surface area (Å²) < 4.78 is 5.66. The summed E-state index contributed by atoms with van der Waals surface area (Å²) >= 11 is 0. The van der Waals surface area contributed by atoms with E-state index in [1.807, 2.05) is 48.5 Å². The molecule has 2 aliphatic carbocycles. The second-order valence-electron chi connectivity index (χ2n) is 20.4. The van der Waals surface area contributed by atoms with Crippen LogP contribution in [-0.4, -0.2) is 166 Å². The van der Waals surface area contributed by atoms with Crippen molar-refractivity contribution in [1.29, 1.82) is 0 Å². The Balaban J connectivity index is 1.17. The number of fused-ring (bicyclic) bond motifs is 3. The van der Waals surface area contributed by atoms with Gasteiger partial charge in [-0.1, -0.05) is 81.6 Å². The van der Waals surface area contributed by atoms with Crippen LogP contribution in [0.4, 0.5) is 0 Å². The Morgan fingerprint density at radius 1 is 0.763 bits per heavy atom. The molecule has 0 spiro atoms. The molecule has 76 heavy (non-hydrogen) atoms. The normalized spacial score (nSPS) is 19.1. The molecule has 3 aliphatic rings. The highest BCUT2D eigenvalue weighted by atomic mass is 16.5. The van der Waals surface area contributed by atoms with E-state index in [0.29, 0.717) is 32.0 Å². The molecule has 5 rings (SSSR count). The minimum atomic E-state index is -1.78. The van der Waals surface area contributed by atoms with E-state index >= 15 is 0 Å². The Kier molecular flexibility index (Phi) is 22.4. The molecule has 23 nitrogen and oxygen atoms in total. The number of esters is 1. The molecule has 2 fully saturated rings. The van der Waals surface area contributed by atoms with Gasteiger partial charge in [0.25, 0.3) is 0 Å². The molecule has 23 heteroatoms. The van der Waals surface area contributed by atoms with E-state index in [4.69, 9.17) is 10.5 Å². The van der Waals surface area contributed by atoms with Crippen LogP contribution in [-0.2, 0) is 52.7 Å². The largest absolute Gasteiger partial charge is 0.480 e. The minimum Gasteiger partial charge on any atom is -0.480 e. The van der Waals surface area contributed by atoms with Gasteiger partial charge in [-0.2, -0.15) is 0 Å². The second kappa shape index (κ2) is 28.4. The van der Waals surface area contributed by atoms with Gasteiger partial charge in [-0.25, -0.2) is 4.79 Å². The van der Waals surface area contributed by atoms with Crippen molar-refractivity contribution < 1.29 is 73.1 Å². The van der Waals surface area contributed by atoms with Crippen LogP contribution in [0.2, 0.25) is 0 Å². The maximum Gasteiger partial charge on any atom is 0.326 e. The number of aliphatic hydroxyl groups is 3. The molecule has 1 heterocycles. The summed E-state index contributed by atoms with van der Waals surface area (Å²) in [5.41, 5.74) is 7.89. The average molecular weight is 1060 g/mol. The smallest absolute Gasteiger partial charge is 0.326 e. The molecule has 2 aromatic carbocycles. The predicted octanol–water partition coefficient (Wildman–Crippen LogP) is -0.594. The fourth-order valence-corrected chi connectivity index (χ4v) is 10.1. The molecule has 0 radical (unpaired) electrons. The number of aldehydes is 1. The molecule has 1 saturated heterocycles. The fourth-order valence-electron chi connectivity index (χ4n) is 10.1. The van der Waals surface area contributed by atoms with Gasteiger partial charge in [0.05, 0.1) is 25.4 Å². The highest BCUT2D eigenvalue weighted by Gasteiger charge is 2.44. The van der Waals surface area contributed by atoms with Crippen molar-refractivity contribution >= 4 is 59.6 Å². The average Bonchev–Trinajstić information content (AvgIpc) is 3.95. The number of nitrogens with two attached hydrogens (primary N) is 1. The molecule has 0 bridgehead atoms. The molecular weight excluding hydrogens is 989 g/mol. The summed E-state index contributed by atoms with van der Waals surface area (Å²) in [6, 6.07) is 7.31. The summed E-state index contributed by atoms with van der Waals surface area (Å²) in [6.07, 6.45) is 1.66. The number of carbonyl (C=O) groups excluding carboxylic acids is 9. The maximum atomic E-state index is 14.0. The summed E-state index contributed by atoms with van der Waals surface area (Å²) in [4.78, 5) is 132. The van der Waals surface area contributed by atoms with Gasteiger partial charge in [0.1, 0.15) is 48.6 Å². The van der Waals surface area contributed by atoms with Gasteiger partial charge in [-0.05, 0) is 73.1 Å². The van der Waals surface area contributed by atoms with Gasteiger partial charge in [0.15, 0.2) is 0 Å². The van der Waals surface area contributed by atoms with Crippen molar-refractivity contribution in [2.45, 2.75) is 152 Å². The Bertz CT molecular complexity index is 2370. The molecule has 12 N–H and O–H groups in total. The number of aliphatic carboxylic acids is 1. The van der Waals surface area contributed by atoms with Gasteiger partial charge in [0.2, 0.25) is 41.4 Å². The first kappa shape index (κ1) is 60.0. The van der Waals surface area contributed by atoms with Crippen LogP contribution in [0.5, 0.6) is 0 Å². The van der Waals surface area contributed by atoms with Gasteiger partial charge >= 0.3 is 11.9 Å². The molecule has 1 saturated carbocycles. The van der Waals surface area contributed by atoms with Crippen LogP contribution in [0.25, 0.3) is 11.1 Å². The maximum absolute atomic E-state index is 14.0. The summed E-state index contributed by atoms with van der Waals surface area (Å²) in [5.74, 6) is -8.57. The number of primary amides is 1. The first-order chi connectivity index (χ1) is 36.2. The third-order valence-electron chi connectivity index (χ3n) is 14.3. The summed E-state index contributed by atoms with van der Waals surface area (Å²) in [6.45, 7) is 2.40. The molecule has 1 aliphatic heterocycles. The number of nitrogens with one attached hydrogen (secondary N) is 6. The van der Waals surface area contributed by atoms with Crippen LogP contribution in [0.1, 0.15) is 115 Å². The zero-order valence-electron chi connectivity index (χ0n) is 43.3. The molecule has 416 valence electrons. The SMILES string of the molecule is CC(C)CC(NC(=O)[C@H](CO)NC(=O)C(CCC(N)=O)NCC(C=O)(NC(=O)C(CO)NC(=O)[C@H](C)NC(=O)C1C[C@@H](O)CN1C(=O)CCCC(=O)OCC1c2ccccc2-c2ccccc21)C1CCCCC1)C(=O)O. The Hall–Kier alpha value is -6.82. The van der Waals surface area contributed by atoms with E-state index in [0.717, 1.165) is 28.7 Å². The lowest BCUT2D eigenvalue weighted by Crippen LogP contribution is -2.66. The molecule has 5 unspecified atom stereocenters. The number of rotatable bonds is 29. The number of β-amino-alcohol motifs (C(OH)–C–C–N with tert-alkyl or cyclic N) is 1. The summed E-state index contributed by atoms with van der Waals surface area (Å²) in [7, 11) is 0. The number of amides is 7. The van der Waals surface area contributed by atoms with E-state index < -0.39 is 127 Å². The van der Waals surface area contributed by atoms with E-state index in [1.165, 1.54) is 11.8 Å². The first-order valence-corrected chi connectivity index (χ1v) is 26.0. The van der Waals surface area contributed by atoms with Gasteiger partial charge in [0, 0.05) is 44.7 Å². The third-order valence-corrected chi connectivity index (χ3v) is 14.3. The number of ether oxygens (including phenoxy) is 1. The minimum absolute atomic E-state index is 0.0557. The number of benzene rings is 2. The molecule has 2 aromatic rings. The number of aliphatic hydroxyl groups excluding tert-OH is 3.